The predicted molar refractivity (Wildman–Crippen MR) is 57.9 cm³/mol. The number of rotatable bonds is 5. The number of carbonyl (C=O) groups excluding carboxylic acids is 1. The second-order valence-electron chi connectivity index (χ2n) is 4.30. The molecule has 5 nitrogen and oxygen atoms in total. The zero-order chi connectivity index (χ0) is 12.2. The first-order valence-electron chi connectivity index (χ1n) is 5.02. The molecule has 2 N–H and O–H groups in total. The van der Waals surface area contributed by atoms with Gasteiger partial charge in [0.15, 0.2) is 0 Å². The maximum absolute atomic E-state index is 11.8. The van der Waals surface area contributed by atoms with E-state index in [-0.39, 0.29) is 25.7 Å². The summed E-state index contributed by atoms with van der Waals surface area (Å²) in [5, 5.41) is 18.3. The molecule has 16 heavy (non-hydrogen) atoms. The monoisotopic (exact) mass is 227 g/mol. The summed E-state index contributed by atoms with van der Waals surface area (Å²) in [5.41, 5.74) is -0.227. The van der Waals surface area contributed by atoms with Gasteiger partial charge in [-0.15, -0.1) is 0 Å². The molecule has 0 bridgehead atoms. The van der Waals surface area contributed by atoms with Crippen LogP contribution < -0.4 is 0 Å². The molecule has 1 rings (SSSR count). The first-order chi connectivity index (χ1) is 7.52. The van der Waals surface area contributed by atoms with Crippen LogP contribution in [0, 0.1) is 5.41 Å². The lowest BCUT2D eigenvalue weighted by molar-refractivity contribution is 0.0366. The molecule has 5 heteroatoms. The van der Waals surface area contributed by atoms with Crippen molar-refractivity contribution in [3.8, 4) is 0 Å². The second kappa shape index (κ2) is 5.14. The van der Waals surface area contributed by atoms with E-state index in [0.717, 1.165) is 0 Å². The molecule has 1 aromatic rings. The molecule has 1 aromatic heterocycles. The summed E-state index contributed by atoms with van der Waals surface area (Å²) in [4.78, 5) is 13.3. The van der Waals surface area contributed by atoms with Crippen molar-refractivity contribution in [2.45, 2.75) is 6.92 Å². The second-order valence-corrected chi connectivity index (χ2v) is 4.30. The van der Waals surface area contributed by atoms with Gasteiger partial charge in [0.2, 0.25) is 0 Å². The third kappa shape index (κ3) is 2.84. The van der Waals surface area contributed by atoms with Gasteiger partial charge in [0, 0.05) is 19.0 Å². The normalized spacial score (nSPS) is 11.5. The molecule has 0 aromatic carbocycles. The molecule has 0 aliphatic carbocycles. The Morgan fingerprint density at radius 3 is 2.56 bits per heavy atom. The van der Waals surface area contributed by atoms with E-state index in [9.17, 15) is 4.79 Å². The van der Waals surface area contributed by atoms with Crippen molar-refractivity contribution in [1.82, 2.24) is 4.90 Å². The van der Waals surface area contributed by atoms with Crippen LogP contribution in [0.2, 0.25) is 0 Å². The lowest BCUT2D eigenvalue weighted by Gasteiger charge is -2.30. The molecule has 0 aliphatic heterocycles. The maximum Gasteiger partial charge on any atom is 0.256 e. The average molecular weight is 227 g/mol. The highest BCUT2D eigenvalue weighted by atomic mass is 16.3. The lowest BCUT2D eigenvalue weighted by atomic mass is 9.92. The number of aliphatic hydroxyl groups is 2. The van der Waals surface area contributed by atoms with Gasteiger partial charge < -0.3 is 19.5 Å². The van der Waals surface area contributed by atoms with Crippen molar-refractivity contribution in [3.05, 3.63) is 24.2 Å². The van der Waals surface area contributed by atoms with Crippen LogP contribution in [-0.2, 0) is 0 Å². The fourth-order valence-electron chi connectivity index (χ4n) is 1.40. The van der Waals surface area contributed by atoms with Gasteiger partial charge in [-0.1, -0.05) is 6.92 Å². The first kappa shape index (κ1) is 12.7. The molecule has 1 amide bonds. The summed E-state index contributed by atoms with van der Waals surface area (Å²) in [6, 6.07) is 1.58. The smallest absolute Gasteiger partial charge is 0.256 e. The summed E-state index contributed by atoms with van der Waals surface area (Å²) in [6.45, 7) is 1.65. The van der Waals surface area contributed by atoms with Crippen LogP contribution in [0.4, 0.5) is 0 Å². The van der Waals surface area contributed by atoms with E-state index in [4.69, 9.17) is 14.6 Å². The fraction of sp³-hybridized carbons (Fsp3) is 0.545. The van der Waals surface area contributed by atoms with E-state index >= 15 is 0 Å². The maximum atomic E-state index is 11.8. The van der Waals surface area contributed by atoms with Gasteiger partial charge in [-0.25, -0.2) is 0 Å². The molecule has 0 saturated carbocycles. The number of amides is 1. The molecule has 0 spiro atoms. The summed E-state index contributed by atoms with van der Waals surface area (Å²) in [5.74, 6) is -0.193. The fourth-order valence-corrected chi connectivity index (χ4v) is 1.40. The largest absolute Gasteiger partial charge is 0.472 e. The predicted octanol–water partition coefficient (Wildman–Crippen LogP) is 0.342. The van der Waals surface area contributed by atoms with E-state index in [1.165, 1.54) is 17.4 Å². The Morgan fingerprint density at radius 1 is 1.50 bits per heavy atom. The molecule has 0 fully saturated rings. The van der Waals surface area contributed by atoms with Crippen molar-refractivity contribution in [1.29, 1.82) is 0 Å². The van der Waals surface area contributed by atoms with Crippen LogP contribution in [0.15, 0.2) is 23.0 Å². The highest BCUT2D eigenvalue weighted by molar-refractivity contribution is 5.93. The van der Waals surface area contributed by atoms with Gasteiger partial charge >= 0.3 is 0 Å². The number of hydrogen-bond donors (Lipinski definition) is 2. The highest BCUT2D eigenvalue weighted by Crippen LogP contribution is 2.17. The standard InChI is InChI=1S/C11H17NO4/c1-11(7-13,8-14)6-12(2)10(15)9-3-4-16-5-9/h3-5,13-14H,6-8H2,1-2H3. The summed E-state index contributed by atoms with van der Waals surface area (Å²) in [6.07, 6.45) is 2.80. The lowest BCUT2D eigenvalue weighted by Crippen LogP contribution is -2.41. The van der Waals surface area contributed by atoms with Crippen molar-refractivity contribution >= 4 is 5.91 Å². The molecule has 0 atom stereocenters. The van der Waals surface area contributed by atoms with Crippen LogP contribution in [-0.4, -0.2) is 47.8 Å². The Kier molecular flexibility index (Phi) is 4.09. The van der Waals surface area contributed by atoms with Crippen LogP contribution in [0.25, 0.3) is 0 Å². The topological polar surface area (TPSA) is 73.9 Å². The zero-order valence-corrected chi connectivity index (χ0v) is 9.51. The molecular formula is C11H17NO4. The highest BCUT2D eigenvalue weighted by Gasteiger charge is 2.27. The SMILES string of the molecule is CN(CC(C)(CO)CO)C(=O)c1ccoc1. The van der Waals surface area contributed by atoms with Crippen molar-refractivity contribution in [2.75, 3.05) is 26.8 Å². The molecule has 0 aliphatic rings. The molecule has 1 heterocycles. The van der Waals surface area contributed by atoms with Gasteiger partial charge in [-0.05, 0) is 6.07 Å². The third-order valence-electron chi connectivity index (χ3n) is 2.50. The van der Waals surface area contributed by atoms with Gasteiger partial charge in [0.1, 0.15) is 6.26 Å². The number of hydrogen-bond acceptors (Lipinski definition) is 4. The van der Waals surface area contributed by atoms with E-state index in [1.54, 1.807) is 20.0 Å². The Bertz CT molecular complexity index is 330. The van der Waals surface area contributed by atoms with Crippen molar-refractivity contribution in [3.63, 3.8) is 0 Å². The minimum absolute atomic E-state index is 0.174. The molecule has 0 unspecified atom stereocenters. The quantitative estimate of drug-likeness (QED) is 0.760. The Balaban J connectivity index is 2.65. The van der Waals surface area contributed by atoms with Crippen LogP contribution in [0.5, 0.6) is 0 Å². The number of nitrogens with zero attached hydrogens (tertiary/aromatic N) is 1. The Morgan fingerprint density at radius 2 is 2.12 bits per heavy atom. The van der Waals surface area contributed by atoms with Crippen LogP contribution in [0.1, 0.15) is 17.3 Å². The van der Waals surface area contributed by atoms with E-state index in [2.05, 4.69) is 0 Å². The Hall–Kier alpha value is -1.33. The van der Waals surface area contributed by atoms with E-state index < -0.39 is 5.41 Å². The zero-order valence-electron chi connectivity index (χ0n) is 9.51. The minimum atomic E-state index is -0.686. The van der Waals surface area contributed by atoms with E-state index in [1.807, 2.05) is 0 Å². The van der Waals surface area contributed by atoms with Crippen molar-refractivity contribution < 1.29 is 19.4 Å². The van der Waals surface area contributed by atoms with E-state index in [0.29, 0.717) is 5.56 Å². The molecule has 0 radical (unpaired) electrons. The summed E-state index contributed by atoms with van der Waals surface area (Å²) >= 11 is 0. The van der Waals surface area contributed by atoms with Gasteiger partial charge in [-0.2, -0.15) is 0 Å². The summed E-state index contributed by atoms with van der Waals surface area (Å²) in [7, 11) is 1.62. The third-order valence-corrected chi connectivity index (χ3v) is 2.50. The summed E-state index contributed by atoms with van der Waals surface area (Å²) < 4.78 is 4.82. The first-order valence-corrected chi connectivity index (χ1v) is 5.02. The van der Waals surface area contributed by atoms with Crippen molar-refractivity contribution in [2.24, 2.45) is 5.41 Å². The van der Waals surface area contributed by atoms with Crippen LogP contribution in [0.3, 0.4) is 0 Å². The number of carbonyl (C=O) groups is 1. The minimum Gasteiger partial charge on any atom is -0.472 e. The molecule has 0 saturated heterocycles. The van der Waals surface area contributed by atoms with Gasteiger partial charge in [0.25, 0.3) is 5.91 Å². The molecular weight excluding hydrogens is 210 g/mol. The van der Waals surface area contributed by atoms with Gasteiger partial charge in [-0.3, -0.25) is 4.79 Å². The van der Waals surface area contributed by atoms with Gasteiger partial charge in [0.05, 0.1) is 25.0 Å². The number of furan rings is 1. The number of aliphatic hydroxyl groups excluding tert-OH is 2. The Labute approximate surface area is 94.3 Å². The molecule has 90 valence electrons. The average Bonchev–Trinajstić information content (AvgIpc) is 2.81. The van der Waals surface area contributed by atoms with Crippen LogP contribution >= 0.6 is 0 Å².